The molecule has 0 saturated carbocycles. The zero-order valence-electron chi connectivity index (χ0n) is 33.8. The van der Waals surface area contributed by atoms with Gasteiger partial charge in [0, 0.05) is 77.2 Å². The number of aliphatic hydroxyl groups is 1. The summed E-state index contributed by atoms with van der Waals surface area (Å²) in [5.41, 5.74) is 8.32. The Morgan fingerprint density at radius 3 is 1.69 bits per heavy atom. The summed E-state index contributed by atoms with van der Waals surface area (Å²) in [4.78, 5) is 60.0. The Kier molecular flexibility index (Phi) is 18.8. The van der Waals surface area contributed by atoms with Gasteiger partial charge in [0.15, 0.2) is 18.3 Å². The van der Waals surface area contributed by atoms with Crippen molar-refractivity contribution < 1.29 is 115 Å². The van der Waals surface area contributed by atoms with Crippen molar-refractivity contribution in [3.63, 3.8) is 0 Å². The Morgan fingerprint density at radius 1 is 0.719 bits per heavy atom. The summed E-state index contributed by atoms with van der Waals surface area (Å²) in [7, 11) is -10.2. The normalized spacial score (nSPS) is 12.4. The first-order valence-electron chi connectivity index (χ1n) is 18.3. The SMILES string of the molecule is Cc1cc(-c2ccc(NC(=O)CN(CCN(CCN(CC(=O)O)CC(=O)O)C(O)C=O)CC(=O)O)c(C)c2)ccc1N=Nc1ccc2c(S(=O)(=O)O)cc(S(=O)(=O)O)c(N)c2c1O.[Gd]. The van der Waals surface area contributed by atoms with Gasteiger partial charge in [-0.3, -0.25) is 47.8 Å². The second kappa shape index (κ2) is 22.7. The van der Waals surface area contributed by atoms with Crippen LogP contribution < -0.4 is 11.1 Å². The van der Waals surface area contributed by atoms with Crippen molar-refractivity contribution in [1.29, 1.82) is 0 Å². The van der Waals surface area contributed by atoms with Gasteiger partial charge in [-0.25, -0.2) is 0 Å². The average molecular weight is 1080 g/mol. The zero-order valence-corrected chi connectivity index (χ0v) is 37.7. The number of hydrogen-bond donors (Lipinski definition) is 9. The van der Waals surface area contributed by atoms with E-state index in [1.54, 1.807) is 50.2 Å². The molecule has 0 radical (unpaired) electrons. The van der Waals surface area contributed by atoms with E-state index in [4.69, 9.17) is 15.9 Å². The van der Waals surface area contributed by atoms with Crippen LogP contribution in [0.4, 0.5) is 22.7 Å². The molecule has 0 aromatic heterocycles. The van der Waals surface area contributed by atoms with Crippen LogP contribution in [0.15, 0.2) is 74.6 Å². The molecule has 64 heavy (non-hydrogen) atoms. The predicted molar refractivity (Wildman–Crippen MR) is 223 cm³/mol. The summed E-state index contributed by atoms with van der Waals surface area (Å²) in [6, 6.07) is 12.9. The maximum atomic E-state index is 13.1. The number of phenolic OH excluding ortho intramolecular Hbond substituents is 1. The van der Waals surface area contributed by atoms with Gasteiger partial charge < -0.3 is 36.6 Å². The van der Waals surface area contributed by atoms with Crippen LogP contribution in [0.3, 0.4) is 0 Å². The molecular weight excluding hydrogens is 1030 g/mol. The number of aldehydes is 1. The summed E-state index contributed by atoms with van der Waals surface area (Å²) in [5.74, 6) is -5.23. The van der Waals surface area contributed by atoms with E-state index in [1.807, 2.05) is 0 Å². The van der Waals surface area contributed by atoms with E-state index in [-0.39, 0.29) is 83.5 Å². The molecular formula is C38H43GdN7O16S2. The fourth-order valence-electron chi connectivity index (χ4n) is 6.40. The molecule has 0 heterocycles. The zero-order chi connectivity index (χ0) is 47.0. The number of rotatable bonds is 22. The number of nitrogens with zero attached hydrogens (tertiary/aromatic N) is 5. The third-order valence-electron chi connectivity index (χ3n) is 9.42. The average Bonchev–Trinajstić information content (AvgIpc) is 3.16. The number of nitrogens with one attached hydrogen (secondary N) is 1. The Bertz CT molecular complexity index is 2690. The number of aliphatic carboxylic acids is 3. The molecule has 10 N–H and O–H groups in total. The third kappa shape index (κ3) is 14.4. The minimum atomic E-state index is -5.10. The van der Waals surface area contributed by atoms with Gasteiger partial charge in [-0.05, 0) is 72.5 Å². The molecule has 1 atom stereocenters. The second-order valence-electron chi connectivity index (χ2n) is 14.1. The molecule has 0 aliphatic carbocycles. The van der Waals surface area contributed by atoms with Crippen molar-refractivity contribution in [1.82, 2.24) is 14.7 Å². The number of amides is 1. The van der Waals surface area contributed by atoms with Crippen molar-refractivity contribution in [2.24, 2.45) is 10.2 Å². The van der Waals surface area contributed by atoms with Gasteiger partial charge in [0.05, 0.1) is 42.9 Å². The number of aliphatic hydroxyl groups excluding tert-OH is 1. The molecule has 0 aliphatic rings. The van der Waals surface area contributed by atoms with Crippen LogP contribution in [0.5, 0.6) is 5.75 Å². The fraction of sp³-hybridized carbons (Fsp3) is 0.289. The number of carboxylic acids is 3. The molecule has 0 spiro atoms. The number of nitrogens with two attached hydrogens (primary N) is 1. The van der Waals surface area contributed by atoms with Crippen LogP contribution >= 0.6 is 0 Å². The van der Waals surface area contributed by atoms with E-state index in [0.717, 1.165) is 22.6 Å². The van der Waals surface area contributed by atoms with E-state index >= 15 is 0 Å². The number of phenols is 1. The van der Waals surface area contributed by atoms with E-state index in [9.17, 15) is 65.2 Å². The third-order valence-corrected chi connectivity index (χ3v) is 11.2. The number of hydrogen-bond acceptors (Lipinski definition) is 17. The first kappa shape index (κ1) is 53.2. The Morgan fingerprint density at radius 2 is 1.20 bits per heavy atom. The van der Waals surface area contributed by atoms with Crippen molar-refractivity contribution in [2.75, 3.05) is 63.4 Å². The minimum absolute atomic E-state index is 0. The van der Waals surface area contributed by atoms with Crippen molar-refractivity contribution >= 4 is 83.9 Å². The summed E-state index contributed by atoms with van der Waals surface area (Å²) in [6.45, 7) is 0.569. The number of carbonyl (C=O) groups excluding carboxylic acids is 2. The first-order chi connectivity index (χ1) is 29.4. The van der Waals surface area contributed by atoms with Gasteiger partial charge in [-0.15, -0.1) is 5.11 Å². The maximum Gasteiger partial charge on any atom is 0.317 e. The van der Waals surface area contributed by atoms with E-state index in [1.165, 1.54) is 9.80 Å². The number of anilines is 2. The number of carbonyl (C=O) groups is 5. The molecule has 4 rings (SSSR count). The summed E-state index contributed by atoms with van der Waals surface area (Å²) < 4.78 is 67.2. The van der Waals surface area contributed by atoms with E-state index in [2.05, 4.69) is 15.5 Å². The first-order valence-corrected chi connectivity index (χ1v) is 21.2. The smallest absolute Gasteiger partial charge is 0.317 e. The summed E-state index contributed by atoms with van der Waals surface area (Å²) in [6.07, 6.45) is -1.48. The number of carboxylic acid groups (broad SMARTS) is 3. The number of aryl methyl sites for hydroxylation is 2. The molecule has 4 aromatic carbocycles. The molecule has 1 amide bonds. The van der Waals surface area contributed by atoms with Crippen LogP contribution in [-0.2, 0) is 44.2 Å². The molecule has 346 valence electrons. The number of fused-ring (bicyclic) bond motifs is 1. The van der Waals surface area contributed by atoms with Crippen molar-refractivity contribution in [3.8, 4) is 16.9 Å². The Balaban J connectivity index is 0.0000109. The fourth-order valence-corrected chi connectivity index (χ4v) is 7.83. The second-order valence-corrected chi connectivity index (χ2v) is 16.8. The van der Waals surface area contributed by atoms with E-state index in [0.29, 0.717) is 34.1 Å². The summed E-state index contributed by atoms with van der Waals surface area (Å²) in [5, 5.41) is 58.9. The standard InChI is InChI=1S/C38H43N7O16S2.Gd/c1-21-13-23(3-6-26(21)40-31(47)16-43(17-33(49)50)9-11-45(32(48)20-46)12-10-44(18-34(51)52)19-35(53)54)24-4-7-27(22(2)14-24)41-42-28-8-5-25-29(62(56,57)58)15-30(63(59,60)61)37(39)36(25)38(28)55;/h3-8,13-15,20,32,48,55H,9-12,16-19,39H2,1-2H3,(H,40,47)(H,49,50)(H,51,52)(H,53,54)(H,56,57,58)(H,59,60,61);. The van der Waals surface area contributed by atoms with Crippen LogP contribution in [0, 0.1) is 53.8 Å². The monoisotopic (exact) mass is 1080 g/mol. The Labute approximate surface area is 397 Å². The van der Waals surface area contributed by atoms with Crippen molar-refractivity contribution in [2.45, 2.75) is 29.9 Å². The van der Waals surface area contributed by atoms with Gasteiger partial charge in [0.2, 0.25) is 5.91 Å². The molecule has 0 aliphatic heterocycles. The molecule has 0 bridgehead atoms. The van der Waals surface area contributed by atoms with Crippen LogP contribution in [0.1, 0.15) is 11.1 Å². The van der Waals surface area contributed by atoms with Gasteiger partial charge in [0.25, 0.3) is 20.2 Å². The molecule has 1 unspecified atom stereocenters. The van der Waals surface area contributed by atoms with Crippen LogP contribution in [0.25, 0.3) is 21.9 Å². The van der Waals surface area contributed by atoms with Crippen LogP contribution in [0.2, 0.25) is 0 Å². The number of aromatic hydroxyl groups is 1. The molecule has 4 aromatic rings. The Hall–Kier alpha value is -5.13. The topological polar surface area (TPSA) is 368 Å². The van der Waals surface area contributed by atoms with Crippen LogP contribution in [-0.4, -0.2) is 155 Å². The van der Waals surface area contributed by atoms with E-state index < -0.39 is 103 Å². The van der Waals surface area contributed by atoms with Crippen molar-refractivity contribution in [3.05, 3.63) is 65.7 Å². The number of benzene rings is 4. The molecule has 0 saturated heterocycles. The molecule has 0 fully saturated rings. The largest absolute Gasteiger partial charge is 0.505 e. The summed E-state index contributed by atoms with van der Waals surface area (Å²) >= 11 is 0. The van der Waals surface area contributed by atoms with Gasteiger partial charge >= 0.3 is 17.9 Å². The predicted octanol–water partition coefficient (Wildman–Crippen LogP) is 1.94. The quantitative estimate of drug-likeness (QED) is 0.0178. The van der Waals surface area contributed by atoms with Gasteiger partial charge in [-0.2, -0.15) is 21.9 Å². The number of nitrogen functional groups attached to an aromatic ring is 1. The molecule has 26 heteroatoms. The number of azo groups is 1. The van der Waals surface area contributed by atoms with Gasteiger partial charge in [-0.1, -0.05) is 18.2 Å². The molecule has 23 nitrogen and oxygen atoms in total. The van der Waals surface area contributed by atoms with Gasteiger partial charge in [0.1, 0.15) is 15.5 Å². The minimum Gasteiger partial charge on any atom is -0.505 e. The maximum absolute atomic E-state index is 13.1.